The minimum absolute atomic E-state index is 0.0464. The second-order valence-electron chi connectivity index (χ2n) is 9.90. The zero-order chi connectivity index (χ0) is 28.4. The summed E-state index contributed by atoms with van der Waals surface area (Å²) < 4.78 is 29.6. The van der Waals surface area contributed by atoms with Gasteiger partial charge in [-0.25, -0.2) is 18.1 Å². The molecule has 0 bridgehead atoms. The predicted molar refractivity (Wildman–Crippen MR) is 157 cm³/mol. The number of hydrogen-bond acceptors (Lipinski definition) is 6. The van der Waals surface area contributed by atoms with Crippen molar-refractivity contribution in [3.8, 4) is 23.0 Å². The normalized spacial score (nSPS) is 19.3. The minimum Gasteiger partial charge on any atom is -0.271 e. The van der Waals surface area contributed by atoms with Crippen molar-refractivity contribution in [2.75, 3.05) is 13.1 Å². The molecule has 1 unspecified atom stereocenters. The Balaban J connectivity index is 1.40. The number of fused-ring (bicyclic) bond motifs is 1. The fourth-order valence-corrected chi connectivity index (χ4v) is 6.58. The molecule has 1 fully saturated rings. The Morgan fingerprint density at radius 2 is 1.73 bits per heavy atom. The molecule has 1 aliphatic carbocycles. The number of aliphatic imine (C=N–C) groups is 2. The Kier molecular flexibility index (Phi) is 7.14. The van der Waals surface area contributed by atoms with Crippen molar-refractivity contribution >= 4 is 33.6 Å². The zero-order valence-corrected chi connectivity index (χ0v) is 22.9. The summed E-state index contributed by atoms with van der Waals surface area (Å²) in [6.07, 6.45) is 13.2. The third-order valence-electron chi connectivity index (χ3n) is 7.22. The van der Waals surface area contributed by atoms with E-state index in [4.69, 9.17) is 5.10 Å². The SMILES string of the molecule is N#C/C(=C/c1cn(-c2ccccc2)nc1-c1ccc(S(=O)(=O)N2CCCCC2)cc1)C1=NC(=O)C2C=CC=CC2=N1. The van der Waals surface area contributed by atoms with Crippen LogP contribution < -0.4 is 0 Å². The number of para-hydroxylation sites is 1. The number of nitriles is 1. The molecule has 3 heterocycles. The Morgan fingerprint density at radius 3 is 2.46 bits per heavy atom. The van der Waals surface area contributed by atoms with Crippen LogP contribution in [0.2, 0.25) is 0 Å². The number of piperidine rings is 1. The van der Waals surface area contributed by atoms with Gasteiger partial charge in [-0.15, -0.1) is 0 Å². The molecule has 2 aromatic carbocycles. The van der Waals surface area contributed by atoms with Crippen LogP contribution >= 0.6 is 0 Å². The highest BCUT2D eigenvalue weighted by molar-refractivity contribution is 7.89. The molecule has 2 aliphatic heterocycles. The fraction of sp³-hybridized carbons (Fsp3) is 0.194. The van der Waals surface area contributed by atoms with Crippen LogP contribution in [-0.4, -0.2) is 53.0 Å². The first kappa shape index (κ1) is 26.5. The summed E-state index contributed by atoms with van der Waals surface area (Å²) in [7, 11) is -3.58. The van der Waals surface area contributed by atoms with Crippen LogP contribution in [-0.2, 0) is 14.8 Å². The van der Waals surface area contributed by atoms with Crippen LogP contribution in [0.15, 0.2) is 106 Å². The second-order valence-corrected chi connectivity index (χ2v) is 11.8. The van der Waals surface area contributed by atoms with Gasteiger partial charge >= 0.3 is 0 Å². The number of benzene rings is 2. The summed E-state index contributed by atoms with van der Waals surface area (Å²) >= 11 is 0. The molecule has 6 rings (SSSR count). The smallest absolute Gasteiger partial charge is 0.260 e. The van der Waals surface area contributed by atoms with E-state index in [0.29, 0.717) is 35.6 Å². The average molecular weight is 563 g/mol. The van der Waals surface area contributed by atoms with Gasteiger partial charge in [-0.2, -0.15) is 19.7 Å². The summed E-state index contributed by atoms with van der Waals surface area (Å²) in [5.41, 5.74) is 3.27. The number of amides is 1. The maximum Gasteiger partial charge on any atom is 0.260 e. The number of hydrogen-bond donors (Lipinski definition) is 0. The lowest BCUT2D eigenvalue weighted by Gasteiger charge is -2.25. The van der Waals surface area contributed by atoms with Gasteiger partial charge in [0.25, 0.3) is 5.91 Å². The maximum atomic E-state index is 13.2. The first-order chi connectivity index (χ1) is 19.9. The van der Waals surface area contributed by atoms with E-state index in [1.165, 1.54) is 0 Å². The number of rotatable bonds is 6. The standard InChI is InChI=1S/C31H26N6O3S/c32-20-23(30-33-28-12-6-5-11-27(28)31(38)34-30)19-24-21-37(25-9-3-1-4-10-25)35-29(24)22-13-15-26(16-14-22)41(39,40)36-17-7-2-8-18-36/h1,3-6,9-16,19,21,27H,2,7-8,17-18H2/b23-19-. The molecule has 1 amide bonds. The van der Waals surface area contributed by atoms with Gasteiger partial charge in [-0.1, -0.05) is 55.0 Å². The Morgan fingerprint density at radius 1 is 0.976 bits per heavy atom. The summed E-state index contributed by atoms with van der Waals surface area (Å²) in [5, 5.41) is 14.8. The van der Waals surface area contributed by atoms with Crippen molar-refractivity contribution in [3.05, 3.63) is 96.2 Å². The molecule has 1 aromatic heterocycles. The van der Waals surface area contributed by atoms with Crippen molar-refractivity contribution in [1.82, 2.24) is 14.1 Å². The van der Waals surface area contributed by atoms with Crippen LogP contribution in [0, 0.1) is 17.2 Å². The van der Waals surface area contributed by atoms with E-state index in [1.807, 2.05) is 30.3 Å². The van der Waals surface area contributed by atoms with E-state index in [2.05, 4.69) is 16.1 Å². The van der Waals surface area contributed by atoms with Gasteiger partial charge < -0.3 is 0 Å². The van der Waals surface area contributed by atoms with Crippen LogP contribution in [0.4, 0.5) is 0 Å². The molecule has 3 aromatic rings. The minimum atomic E-state index is -3.58. The van der Waals surface area contributed by atoms with Crippen molar-refractivity contribution in [2.45, 2.75) is 24.2 Å². The van der Waals surface area contributed by atoms with Crippen LogP contribution in [0.25, 0.3) is 23.0 Å². The molecule has 9 nitrogen and oxygen atoms in total. The molecule has 1 atom stereocenters. The molecule has 0 saturated carbocycles. The van der Waals surface area contributed by atoms with E-state index in [-0.39, 0.29) is 22.2 Å². The van der Waals surface area contributed by atoms with Crippen molar-refractivity contribution in [2.24, 2.45) is 15.9 Å². The molecule has 10 heteroatoms. The molecule has 0 N–H and O–H groups in total. The summed E-state index contributed by atoms with van der Waals surface area (Å²) in [6.45, 7) is 1.06. The zero-order valence-electron chi connectivity index (χ0n) is 22.1. The lowest BCUT2D eigenvalue weighted by atomic mass is 9.96. The van der Waals surface area contributed by atoms with Crippen LogP contribution in [0.3, 0.4) is 0 Å². The van der Waals surface area contributed by atoms with E-state index in [1.54, 1.807) is 69.8 Å². The average Bonchev–Trinajstić information content (AvgIpc) is 3.44. The Hall–Kier alpha value is -4.72. The van der Waals surface area contributed by atoms with E-state index >= 15 is 0 Å². The van der Waals surface area contributed by atoms with Gasteiger partial charge in [0.15, 0.2) is 5.84 Å². The molecule has 3 aliphatic rings. The van der Waals surface area contributed by atoms with Gasteiger partial charge in [-0.3, -0.25) is 4.79 Å². The largest absolute Gasteiger partial charge is 0.271 e. The van der Waals surface area contributed by atoms with E-state index in [0.717, 1.165) is 24.9 Å². The monoisotopic (exact) mass is 562 g/mol. The second kappa shape index (κ2) is 11.0. The highest BCUT2D eigenvalue weighted by Crippen LogP contribution is 2.29. The Labute approximate surface area is 238 Å². The Bertz CT molecular complexity index is 1800. The predicted octanol–water partition coefficient (Wildman–Crippen LogP) is 4.74. The maximum absolute atomic E-state index is 13.2. The number of allylic oxidation sites excluding steroid dienone is 3. The highest BCUT2D eigenvalue weighted by Gasteiger charge is 2.28. The number of carbonyl (C=O) groups is 1. The molecular weight excluding hydrogens is 536 g/mol. The van der Waals surface area contributed by atoms with Gasteiger partial charge in [0.05, 0.1) is 27.6 Å². The lowest BCUT2D eigenvalue weighted by molar-refractivity contribution is -0.118. The number of sulfonamides is 1. The van der Waals surface area contributed by atoms with Crippen LogP contribution in [0.1, 0.15) is 24.8 Å². The van der Waals surface area contributed by atoms with Gasteiger partial charge in [0, 0.05) is 30.4 Å². The fourth-order valence-electron chi connectivity index (χ4n) is 5.06. The number of amidine groups is 1. The van der Waals surface area contributed by atoms with Crippen LogP contribution in [0.5, 0.6) is 0 Å². The molecule has 0 spiro atoms. The highest BCUT2D eigenvalue weighted by atomic mass is 32.2. The number of nitrogens with zero attached hydrogens (tertiary/aromatic N) is 6. The first-order valence-corrected chi connectivity index (χ1v) is 14.8. The summed E-state index contributed by atoms with van der Waals surface area (Å²) in [4.78, 5) is 21.5. The molecule has 204 valence electrons. The first-order valence-electron chi connectivity index (χ1n) is 13.4. The molecule has 41 heavy (non-hydrogen) atoms. The van der Waals surface area contributed by atoms with Crippen molar-refractivity contribution < 1.29 is 13.2 Å². The molecule has 1 saturated heterocycles. The van der Waals surface area contributed by atoms with Gasteiger partial charge in [0.1, 0.15) is 12.0 Å². The quantitative estimate of drug-likeness (QED) is 0.402. The molecular formula is C31H26N6O3S. The summed E-state index contributed by atoms with van der Waals surface area (Å²) in [6, 6.07) is 18.3. The van der Waals surface area contributed by atoms with Crippen molar-refractivity contribution in [3.63, 3.8) is 0 Å². The van der Waals surface area contributed by atoms with Crippen molar-refractivity contribution in [1.29, 1.82) is 5.26 Å². The third kappa shape index (κ3) is 5.25. The third-order valence-corrected chi connectivity index (χ3v) is 9.14. The number of aromatic nitrogens is 2. The van der Waals surface area contributed by atoms with E-state index < -0.39 is 15.9 Å². The van der Waals surface area contributed by atoms with E-state index in [9.17, 15) is 18.5 Å². The summed E-state index contributed by atoms with van der Waals surface area (Å²) in [5.74, 6) is -0.873. The van der Waals surface area contributed by atoms with Gasteiger partial charge in [0.2, 0.25) is 10.0 Å². The van der Waals surface area contributed by atoms with Gasteiger partial charge in [-0.05, 0) is 49.3 Å². The molecule has 0 radical (unpaired) electrons. The topological polar surface area (TPSA) is 121 Å². The lowest BCUT2D eigenvalue weighted by Crippen LogP contribution is -2.35. The number of carbonyl (C=O) groups excluding carboxylic acids is 1.